The quantitative estimate of drug-likeness (QED) is 0.698. The number of rotatable bonds is 7. The first kappa shape index (κ1) is 21.9. The number of carbonyl (C=O) groups excluding carboxylic acids is 3. The lowest BCUT2D eigenvalue weighted by Crippen LogP contribution is -2.51. The lowest BCUT2D eigenvalue weighted by molar-refractivity contribution is -0.139. The average Bonchev–Trinajstić information content (AvgIpc) is 2.70. The number of benzene rings is 1. The number of nitrogens with zero attached hydrogens (tertiary/aromatic N) is 4. The minimum absolute atomic E-state index is 0.0272. The van der Waals surface area contributed by atoms with E-state index in [1.165, 1.54) is 0 Å². The fourth-order valence-electron chi connectivity index (χ4n) is 3.16. The topological polar surface area (TPSA) is 64.2 Å². The highest BCUT2D eigenvalue weighted by atomic mass is 16.2. The van der Waals surface area contributed by atoms with Crippen LogP contribution in [0.25, 0.3) is 0 Å². The van der Waals surface area contributed by atoms with E-state index in [4.69, 9.17) is 0 Å². The molecule has 0 saturated carbocycles. The van der Waals surface area contributed by atoms with Crippen molar-refractivity contribution >= 4 is 17.7 Å². The Morgan fingerprint density at radius 1 is 0.821 bits per heavy atom. The second-order valence-electron chi connectivity index (χ2n) is 7.71. The van der Waals surface area contributed by atoms with Gasteiger partial charge in [-0.3, -0.25) is 14.4 Å². The molecule has 1 aromatic rings. The van der Waals surface area contributed by atoms with Gasteiger partial charge in [-0.05, 0) is 38.2 Å². The first-order chi connectivity index (χ1) is 13.3. The molecule has 28 heavy (non-hydrogen) atoms. The molecule has 0 bridgehead atoms. The molecule has 1 aliphatic heterocycles. The molecule has 0 aromatic heterocycles. The highest BCUT2D eigenvalue weighted by molar-refractivity contribution is 5.93. The molecule has 1 heterocycles. The maximum absolute atomic E-state index is 12.5. The molecule has 0 atom stereocenters. The zero-order valence-corrected chi connectivity index (χ0v) is 17.5. The van der Waals surface area contributed by atoms with Gasteiger partial charge in [-0.2, -0.15) is 0 Å². The van der Waals surface area contributed by atoms with E-state index in [-0.39, 0.29) is 17.7 Å². The van der Waals surface area contributed by atoms with Gasteiger partial charge in [-0.25, -0.2) is 0 Å². The normalized spacial score (nSPS) is 14.3. The van der Waals surface area contributed by atoms with Crippen molar-refractivity contribution in [1.82, 2.24) is 19.6 Å². The number of carbonyl (C=O) groups is 3. The molecule has 0 aliphatic carbocycles. The minimum atomic E-state index is -0.0272. The largest absolute Gasteiger partial charge is 0.345 e. The molecule has 1 saturated heterocycles. The molecule has 0 N–H and O–H groups in total. The summed E-state index contributed by atoms with van der Waals surface area (Å²) in [5.41, 5.74) is 1.69. The van der Waals surface area contributed by atoms with Crippen LogP contribution in [0.1, 0.15) is 28.8 Å². The van der Waals surface area contributed by atoms with E-state index in [0.717, 1.165) is 12.1 Å². The molecule has 7 heteroatoms. The third kappa shape index (κ3) is 6.34. The SMILES string of the molecule is CN(C)CCC(=O)N1CCN(C(=O)CCc2ccc(C(=O)N(C)C)cc2)CC1. The zero-order valence-electron chi connectivity index (χ0n) is 17.5. The first-order valence-corrected chi connectivity index (χ1v) is 9.79. The Balaban J connectivity index is 1.75. The highest BCUT2D eigenvalue weighted by Crippen LogP contribution is 2.11. The Morgan fingerprint density at radius 3 is 1.79 bits per heavy atom. The van der Waals surface area contributed by atoms with Crippen molar-refractivity contribution in [3.63, 3.8) is 0 Å². The van der Waals surface area contributed by atoms with Gasteiger partial charge in [0.2, 0.25) is 11.8 Å². The first-order valence-electron chi connectivity index (χ1n) is 9.79. The van der Waals surface area contributed by atoms with Gasteiger partial charge in [-0.1, -0.05) is 12.1 Å². The predicted octanol–water partition coefficient (Wildman–Crippen LogP) is 0.944. The fourth-order valence-corrected chi connectivity index (χ4v) is 3.16. The molecule has 1 aliphatic rings. The van der Waals surface area contributed by atoms with Gasteiger partial charge >= 0.3 is 0 Å². The van der Waals surface area contributed by atoms with Crippen LogP contribution in [-0.2, 0) is 16.0 Å². The number of hydrogen-bond acceptors (Lipinski definition) is 4. The Morgan fingerprint density at radius 2 is 1.32 bits per heavy atom. The second-order valence-corrected chi connectivity index (χ2v) is 7.71. The van der Waals surface area contributed by atoms with Crippen LogP contribution in [0.5, 0.6) is 0 Å². The Labute approximate surface area is 167 Å². The number of piperazine rings is 1. The van der Waals surface area contributed by atoms with Gasteiger partial charge in [0.25, 0.3) is 5.91 Å². The van der Waals surface area contributed by atoms with Crippen molar-refractivity contribution in [2.24, 2.45) is 0 Å². The van der Waals surface area contributed by atoms with Gasteiger partial charge in [0, 0.05) is 65.2 Å². The smallest absolute Gasteiger partial charge is 0.253 e. The summed E-state index contributed by atoms with van der Waals surface area (Å²) < 4.78 is 0. The number of hydrogen-bond donors (Lipinski definition) is 0. The summed E-state index contributed by atoms with van der Waals surface area (Å²) in [6, 6.07) is 7.43. The van der Waals surface area contributed by atoms with Crippen molar-refractivity contribution in [1.29, 1.82) is 0 Å². The molecule has 154 valence electrons. The van der Waals surface area contributed by atoms with Crippen LogP contribution < -0.4 is 0 Å². The van der Waals surface area contributed by atoms with E-state index in [1.807, 2.05) is 40.9 Å². The Kier molecular flexibility index (Phi) is 7.99. The fraction of sp³-hybridized carbons (Fsp3) is 0.571. The summed E-state index contributed by atoms with van der Waals surface area (Å²) in [6.45, 7) is 3.17. The highest BCUT2D eigenvalue weighted by Gasteiger charge is 2.23. The van der Waals surface area contributed by atoms with E-state index in [1.54, 1.807) is 31.1 Å². The molecule has 0 spiro atoms. The maximum atomic E-state index is 12.5. The van der Waals surface area contributed by atoms with Crippen LogP contribution in [0.15, 0.2) is 24.3 Å². The summed E-state index contributed by atoms with van der Waals surface area (Å²) in [6.07, 6.45) is 1.61. The van der Waals surface area contributed by atoms with Crippen molar-refractivity contribution in [2.75, 3.05) is 60.9 Å². The Bertz CT molecular complexity index is 677. The van der Waals surface area contributed by atoms with Crippen molar-refractivity contribution in [3.8, 4) is 0 Å². The van der Waals surface area contributed by atoms with Crippen LogP contribution in [0, 0.1) is 0 Å². The van der Waals surface area contributed by atoms with Crippen LogP contribution >= 0.6 is 0 Å². The Hall–Kier alpha value is -2.41. The van der Waals surface area contributed by atoms with Crippen molar-refractivity contribution < 1.29 is 14.4 Å². The molecule has 1 fully saturated rings. The molecule has 0 unspecified atom stereocenters. The predicted molar refractivity (Wildman–Crippen MR) is 109 cm³/mol. The third-order valence-electron chi connectivity index (χ3n) is 4.99. The van der Waals surface area contributed by atoms with Gasteiger partial charge in [0.15, 0.2) is 0 Å². The summed E-state index contributed by atoms with van der Waals surface area (Å²) in [4.78, 5) is 43.8. The second kappa shape index (κ2) is 10.2. The van der Waals surface area contributed by atoms with Crippen molar-refractivity contribution in [2.45, 2.75) is 19.3 Å². The molecule has 1 aromatic carbocycles. The van der Waals surface area contributed by atoms with Crippen molar-refractivity contribution in [3.05, 3.63) is 35.4 Å². The van der Waals surface area contributed by atoms with E-state index in [9.17, 15) is 14.4 Å². The van der Waals surface area contributed by atoms with E-state index in [2.05, 4.69) is 0 Å². The standard InChI is InChI=1S/C21H32N4O3/c1-22(2)12-11-20(27)25-15-13-24(14-16-25)19(26)10-7-17-5-8-18(9-6-17)21(28)23(3)4/h5-6,8-9H,7,10-16H2,1-4H3. The molecular formula is C21H32N4O3. The van der Waals surface area contributed by atoms with Gasteiger partial charge in [0.05, 0.1) is 0 Å². The van der Waals surface area contributed by atoms with Crippen LogP contribution in [0.4, 0.5) is 0 Å². The maximum Gasteiger partial charge on any atom is 0.253 e. The lowest BCUT2D eigenvalue weighted by Gasteiger charge is -2.35. The average molecular weight is 389 g/mol. The van der Waals surface area contributed by atoms with E-state index in [0.29, 0.717) is 51.0 Å². The summed E-state index contributed by atoms with van der Waals surface area (Å²) in [5, 5.41) is 0. The molecule has 7 nitrogen and oxygen atoms in total. The number of aryl methyl sites for hydroxylation is 1. The van der Waals surface area contributed by atoms with Gasteiger partial charge < -0.3 is 19.6 Å². The monoisotopic (exact) mass is 388 g/mol. The van der Waals surface area contributed by atoms with Crippen LogP contribution in [0.2, 0.25) is 0 Å². The molecule has 3 amide bonds. The van der Waals surface area contributed by atoms with Crippen LogP contribution in [-0.4, -0.2) is 98.2 Å². The number of amides is 3. The summed E-state index contributed by atoms with van der Waals surface area (Å²) in [7, 11) is 7.37. The van der Waals surface area contributed by atoms with E-state index >= 15 is 0 Å². The molecule has 0 radical (unpaired) electrons. The zero-order chi connectivity index (χ0) is 20.7. The summed E-state index contributed by atoms with van der Waals surface area (Å²) in [5.74, 6) is 0.252. The molecular weight excluding hydrogens is 356 g/mol. The van der Waals surface area contributed by atoms with Gasteiger partial charge in [0.1, 0.15) is 0 Å². The van der Waals surface area contributed by atoms with Crippen LogP contribution in [0.3, 0.4) is 0 Å². The minimum Gasteiger partial charge on any atom is -0.345 e. The molecule has 2 rings (SSSR count). The van der Waals surface area contributed by atoms with Gasteiger partial charge in [-0.15, -0.1) is 0 Å². The van der Waals surface area contributed by atoms with E-state index < -0.39 is 0 Å². The summed E-state index contributed by atoms with van der Waals surface area (Å²) >= 11 is 0. The third-order valence-corrected chi connectivity index (χ3v) is 4.99. The lowest BCUT2D eigenvalue weighted by atomic mass is 10.1.